The number of nitro benzene ring substituents is 1. The van der Waals surface area contributed by atoms with E-state index in [1.54, 1.807) is 10.8 Å². The van der Waals surface area contributed by atoms with Gasteiger partial charge in [-0.1, -0.05) is 6.92 Å². The van der Waals surface area contributed by atoms with Crippen LogP contribution in [-0.4, -0.2) is 14.5 Å². The van der Waals surface area contributed by atoms with Crippen LogP contribution in [-0.2, 0) is 6.42 Å². The van der Waals surface area contributed by atoms with Crippen LogP contribution in [0.1, 0.15) is 31.2 Å². The van der Waals surface area contributed by atoms with Crippen LogP contribution >= 0.6 is 0 Å². The van der Waals surface area contributed by atoms with Gasteiger partial charge in [-0.3, -0.25) is 10.1 Å². The third-order valence-corrected chi connectivity index (χ3v) is 2.91. The molecular formula is C13H13F2N3O2. The molecule has 1 aromatic carbocycles. The summed E-state index contributed by atoms with van der Waals surface area (Å²) < 4.78 is 27.8. The maximum Gasteiger partial charge on any atom is 0.270 e. The third kappa shape index (κ3) is 2.66. The normalized spacial score (nSPS) is 11.0. The van der Waals surface area contributed by atoms with E-state index in [4.69, 9.17) is 0 Å². The van der Waals surface area contributed by atoms with Gasteiger partial charge in [0, 0.05) is 36.5 Å². The second-order valence-electron chi connectivity index (χ2n) is 4.26. The topological polar surface area (TPSA) is 61.0 Å². The molecular weight excluding hydrogens is 268 g/mol. The summed E-state index contributed by atoms with van der Waals surface area (Å²) >= 11 is 0. The van der Waals surface area contributed by atoms with Crippen LogP contribution < -0.4 is 0 Å². The summed E-state index contributed by atoms with van der Waals surface area (Å²) in [6, 6.07) is 3.47. The number of imidazole rings is 1. The number of alkyl halides is 2. The molecule has 0 aliphatic heterocycles. The first-order valence-electron chi connectivity index (χ1n) is 6.13. The monoisotopic (exact) mass is 281 g/mol. The lowest BCUT2D eigenvalue weighted by molar-refractivity contribution is -0.385. The third-order valence-electron chi connectivity index (χ3n) is 2.91. The van der Waals surface area contributed by atoms with Gasteiger partial charge in [-0.2, -0.15) is 0 Å². The highest BCUT2D eigenvalue weighted by Crippen LogP contribution is 2.30. The summed E-state index contributed by atoms with van der Waals surface area (Å²) in [6.07, 6.45) is 1.79. The predicted octanol–water partition coefficient (Wildman–Crippen LogP) is 3.67. The molecule has 0 radical (unpaired) electrons. The number of non-ortho nitro benzene ring substituents is 1. The molecule has 20 heavy (non-hydrogen) atoms. The van der Waals surface area contributed by atoms with Crippen LogP contribution in [0.15, 0.2) is 30.6 Å². The maximum absolute atomic E-state index is 13.1. The lowest BCUT2D eigenvalue weighted by Gasteiger charge is -2.12. The van der Waals surface area contributed by atoms with E-state index < -0.39 is 11.3 Å². The van der Waals surface area contributed by atoms with E-state index in [1.165, 1.54) is 18.3 Å². The Balaban J connectivity index is 2.55. The van der Waals surface area contributed by atoms with E-state index in [1.807, 2.05) is 6.92 Å². The van der Waals surface area contributed by atoms with E-state index in [9.17, 15) is 18.9 Å². The SMILES string of the molecule is CCCc1nccn1-c1ccc([N+](=O)[O-])cc1C(F)F. The zero-order valence-corrected chi connectivity index (χ0v) is 10.8. The van der Waals surface area contributed by atoms with Crippen molar-refractivity contribution >= 4 is 5.69 Å². The van der Waals surface area contributed by atoms with E-state index in [2.05, 4.69) is 4.98 Å². The number of aryl methyl sites for hydroxylation is 1. The summed E-state index contributed by atoms with van der Waals surface area (Å²) in [7, 11) is 0. The first-order chi connectivity index (χ1) is 9.54. The Bertz CT molecular complexity index is 626. The molecule has 0 amide bonds. The minimum absolute atomic E-state index is 0.228. The van der Waals surface area contributed by atoms with Crippen molar-refractivity contribution in [3.05, 3.63) is 52.1 Å². The van der Waals surface area contributed by atoms with Crippen LogP contribution in [0.3, 0.4) is 0 Å². The molecule has 1 heterocycles. The Hall–Kier alpha value is -2.31. The Morgan fingerprint density at radius 1 is 1.45 bits per heavy atom. The van der Waals surface area contributed by atoms with Crippen LogP contribution in [0.2, 0.25) is 0 Å². The van der Waals surface area contributed by atoms with Gasteiger partial charge in [-0.05, 0) is 12.5 Å². The minimum atomic E-state index is -2.79. The van der Waals surface area contributed by atoms with Crippen molar-refractivity contribution in [3.8, 4) is 5.69 Å². The number of benzene rings is 1. The fourth-order valence-electron chi connectivity index (χ4n) is 2.01. The number of hydrogen-bond donors (Lipinski definition) is 0. The molecule has 2 rings (SSSR count). The van der Waals surface area contributed by atoms with Gasteiger partial charge in [0.25, 0.3) is 12.1 Å². The second-order valence-corrected chi connectivity index (χ2v) is 4.26. The van der Waals surface area contributed by atoms with Gasteiger partial charge in [-0.15, -0.1) is 0 Å². The fraction of sp³-hybridized carbons (Fsp3) is 0.308. The van der Waals surface area contributed by atoms with E-state index in [0.29, 0.717) is 12.2 Å². The van der Waals surface area contributed by atoms with E-state index >= 15 is 0 Å². The van der Waals surface area contributed by atoms with Crippen molar-refractivity contribution in [1.82, 2.24) is 9.55 Å². The summed E-state index contributed by atoms with van der Waals surface area (Å²) in [6.45, 7) is 1.96. The number of nitrogens with zero attached hydrogens (tertiary/aromatic N) is 3. The molecule has 1 aromatic heterocycles. The van der Waals surface area contributed by atoms with Crippen LogP contribution in [0.5, 0.6) is 0 Å². The number of halogens is 2. The zero-order chi connectivity index (χ0) is 14.7. The number of hydrogen-bond acceptors (Lipinski definition) is 3. The molecule has 0 spiro atoms. The molecule has 0 aliphatic rings. The molecule has 106 valence electrons. The van der Waals surface area contributed by atoms with Crippen LogP contribution in [0, 0.1) is 10.1 Å². The van der Waals surface area contributed by atoms with Gasteiger partial charge >= 0.3 is 0 Å². The average Bonchev–Trinajstić information content (AvgIpc) is 2.86. The zero-order valence-electron chi connectivity index (χ0n) is 10.8. The van der Waals surface area contributed by atoms with Crippen LogP contribution in [0.25, 0.3) is 5.69 Å². The van der Waals surface area contributed by atoms with Gasteiger partial charge in [0.05, 0.1) is 10.6 Å². The average molecular weight is 281 g/mol. The van der Waals surface area contributed by atoms with Crippen molar-refractivity contribution in [1.29, 1.82) is 0 Å². The smallest absolute Gasteiger partial charge is 0.270 e. The lowest BCUT2D eigenvalue weighted by atomic mass is 10.1. The fourth-order valence-corrected chi connectivity index (χ4v) is 2.01. The highest BCUT2D eigenvalue weighted by Gasteiger charge is 2.20. The largest absolute Gasteiger partial charge is 0.303 e. The molecule has 0 aliphatic carbocycles. The lowest BCUT2D eigenvalue weighted by Crippen LogP contribution is -2.05. The first-order valence-corrected chi connectivity index (χ1v) is 6.13. The molecule has 0 bridgehead atoms. The van der Waals surface area contributed by atoms with Gasteiger partial charge in [0.2, 0.25) is 0 Å². The molecule has 2 aromatic rings. The second kappa shape index (κ2) is 5.77. The summed E-state index contributed by atoms with van der Waals surface area (Å²) in [5.41, 5.74) is -0.484. The number of aromatic nitrogens is 2. The van der Waals surface area contributed by atoms with Gasteiger partial charge in [0.1, 0.15) is 5.82 Å². The van der Waals surface area contributed by atoms with Gasteiger partial charge in [-0.25, -0.2) is 13.8 Å². The molecule has 0 unspecified atom stereocenters. The molecule has 7 heteroatoms. The van der Waals surface area contributed by atoms with Crippen molar-refractivity contribution in [2.75, 3.05) is 0 Å². The molecule has 0 saturated carbocycles. The highest BCUT2D eigenvalue weighted by molar-refractivity contribution is 5.49. The molecule has 5 nitrogen and oxygen atoms in total. The Labute approximate surface area is 114 Å². The summed E-state index contributed by atoms with van der Waals surface area (Å²) in [5, 5.41) is 10.7. The Kier molecular flexibility index (Phi) is 4.07. The predicted molar refractivity (Wildman–Crippen MR) is 69.2 cm³/mol. The van der Waals surface area contributed by atoms with Crippen molar-refractivity contribution in [2.45, 2.75) is 26.2 Å². The van der Waals surface area contributed by atoms with Crippen molar-refractivity contribution < 1.29 is 13.7 Å². The summed E-state index contributed by atoms with van der Waals surface area (Å²) in [4.78, 5) is 14.1. The highest BCUT2D eigenvalue weighted by atomic mass is 19.3. The van der Waals surface area contributed by atoms with Crippen molar-refractivity contribution in [3.63, 3.8) is 0 Å². The number of nitro groups is 1. The van der Waals surface area contributed by atoms with Crippen LogP contribution in [0.4, 0.5) is 14.5 Å². The van der Waals surface area contributed by atoms with Gasteiger partial charge in [0.15, 0.2) is 0 Å². The maximum atomic E-state index is 13.1. The summed E-state index contributed by atoms with van der Waals surface area (Å²) in [5.74, 6) is 0.656. The minimum Gasteiger partial charge on any atom is -0.303 e. The Morgan fingerprint density at radius 3 is 2.80 bits per heavy atom. The van der Waals surface area contributed by atoms with E-state index in [0.717, 1.165) is 12.5 Å². The number of rotatable bonds is 5. The molecule has 0 fully saturated rings. The quantitative estimate of drug-likeness (QED) is 0.620. The van der Waals surface area contributed by atoms with E-state index in [-0.39, 0.29) is 16.9 Å². The first kappa shape index (κ1) is 14.1. The molecule has 0 atom stereocenters. The van der Waals surface area contributed by atoms with Gasteiger partial charge < -0.3 is 4.57 Å². The molecule has 0 saturated heterocycles. The van der Waals surface area contributed by atoms with Crippen molar-refractivity contribution in [2.24, 2.45) is 0 Å². The molecule has 0 N–H and O–H groups in total. The Morgan fingerprint density at radius 2 is 2.20 bits per heavy atom. The standard InChI is InChI=1S/C13H13F2N3O2/c1-2-3-12-16-6-7-17(12)11-5-4-9(18(19)20)8-10(11)13(14)15/h4-8,13H,2-3H2,1H3.